The molecule has 138 valence electrons. The van der Waals surface area contributed by atoms with Gasteiger partial charge >= 0.3 is 5.97 Å². The maximum atomic E-state index is 13.5. The monoisotopic (exact) mass is 404 g/mol. The van der Waals surface area contributed by atoms with Gasteiger partial charge in [-0.05, 0) is 26.0 Å². The molecule has 4 rings (SSSR count). The highest BCUT2D eigenvalue weighted by Crippen LogP contribution is 2.57. The number of dihydropyridines is 1. The van der Waals surface area contributed by atoms with Crippen LogP contribution in [0.5, 0.6) is 0 Å². The van der Waals surface area contributed by atoms with E-state index in [4.69, 9.17) is 33.7 Å². The Balaban J connectivity index is 2.21. The number of carbonyl (C=O) groups is 2. The first kappa shape index (κ1) is 17.7. The summed E-state index contributed by atoms with van der Waals surface area (Å²) < 4.78 is 5.48. The summed E-state index contributed by atoms with van der Waals surface area (Å²) >= 11 is 12.5. The normalized spacial score (nSPS) is 25.4. The number of carbonyl (C=O) groups excluding carboxylic acids is 2. The van der Waals surface area contributed by atoms with E-state index in [9.17, 15) is 14.9 Å². The number of nitrogens with one attached hydrogen (secondary N) is 1. The van der Waals surface area contributed by atoms with Crippen LogP contribution in [0.4, 0.5) is 5.69 Å². The zero-order valence-electron chi connectivity index (χ0n) is 14.6. The minimum Gasteiger partial charge on any atom is -0.450 e. The molecule has 3 N–H and O–H groups in total. The first-order chi connectivity index (χ1) is 12.6. The molecule has 7 nitrogen and oxygen atoms in total. The molecule has 1 amide bonds. The van der Waals surface area contributed by atoms with E-state index in [1.165, 1.54) is 24.1 Å². The summed E-state index contributed by atoms with van der Waals surface area (Å²) in [5, 5.41) is 13.2. The third-order valence-corrected chi connectivity index (χ3v) is 5.69. The SMILES string of the molecule is CN1C(=O)C2(C(C#N)=C(N)NC3=C2C(=O)OC3(C)C)c2cc(Cl)cc(Cl)c21. The van der Waals surface area contributed by atoms with Gasteiger partial charge in [0.25, 0.3) is 0 Å². The minimum absolute atomic E-state index is 0.0201. The molecule has 1 unspecified atom stereocenters. The van der Waals surface area contributed by atoms with Crippen molar-refractivity contribution in [2.45, 2.75) is 24.9 Å². The molecule has 0 saturated carbocycles. The summed E-state index contributed by atoms with van der Waals surface area (Å²) in [6, 6.07) is 5.02. The maximum absolute atomic E-state index is 13.5. The number of esters is 1. The Morgan fingerprint density at radius 1 is 1.30 bits per heavy atom. The number of halogens is 2. The third-order valence-electron chi connectivity index (χ3n) is 5.19. The van der Waals surface area contributed by atoms with Gasteiger partial charge in [-0.3, -0.25) is 4.79 Å². The standard InChI is InChI=1S/C18H14Cl2N4O3/c1-17(2)13-11(15(25)27-17)18(9(6-21)14(22)23-13)8-4-7(19)5-10(20)12(8)24(3)16(18)26/h4-5,23H,22H2,1-3H3. The van der Waals surface area contributed by atoms with Crippen LogP contribution in [0.25, 0.3) is 0 Å². The number of cyclic esters (lactones) is 1. The second kappa shape index (κ2) is 5.18. The molecule has 0 radical (unpaired) electrons. The number of fused-ring (bicyclic) bond motifs is 3. The van der Waals surface area contributed by atoms with Gasteiger partial charge in [0.2, 0.25) is 5.91 Å². The van der Waals surface area contributed by atoms with Crippen molar-refractivity contribution in [3.8, 4) is 6.07 Å². The Bertz CT molecular complexity index is 1070. The van der Waals surface area contributed by atoms with Crippen molar-refractivity contribution in [1.29, 1.82) is 5.26 Å². The van der Waals surface area contributed by atoms with Crippen LogP contribution < -0.4 is 16.0 Å². The van der Waals surface area contributed by atoms with Crippen LogP contribution in [0.2, 0.25) is 10.0 Å². The second-order valence-corrected chi connectivity index (χ2v) is 7.92. The van der Waals surface area contributed by atoms with Crippen molar-refractivity contribution < 1.29 is 14.3 Å². The fourth-order valence-electron chi connectivity index (χ4n) is 4.10. The predicted molar refractivity (Wildman–Crippen MR) is 98.7 cm³/mol. The van der Waals surface area contributed by atoms with Gasteiger partial charge in [-0.25, -0.2) is 4.79 Å². The lowest BCUT2D eigenvalue weighted by atomic mass is 9.67. The van der Waals surface area contributed by atoms with Crippen molar-refractivity contribution in [2.24, 2.45) is 5.73 Å². The van der Waals surface area contributed by atoms with Crippen LogP contribution in [0.3, 0.4) is 0 Å². The fraction of sp³-hybridized carbons (Fsp3) is 0.278. The van der Waals surface area contributed by atoms with Gasteiger partial charge < -0.3 is 20.7 Å². The van der Waals surface area contributed by atoms with E-state index in [0.717, 1.165) is 0 Å². The number of nitrogens with two attached hydrogens (primary N) is 1. The third kappa shape index (κ3) is 1.92. The lowest BCUT2D eigenvalue weighted by Gasteiger charge is -2.34. The van der Waals surface area contributed by atoms with Gasteiger partial charge in [-0.2, -0.15) is 5.26 Å². The topological polar surface area (TPSA) is 108 Å². The lowest BCUT2D eigenvalue weighted by Crippen LogP contribution is -2.49. The number of nitrogens with zero attached hydrogens (tertiary/aromatic N) is 2. The summed E-state index contributed by atoms with van der Waals surface area (Å²) in [5.74, 6) is -1.24. The maximum Gasteiger partial charge on any atom is 0.338 e. The van der Waals surface area contributed by atoms with E-state index >= 15 is 0 Å². The molecule has 1 atom stereocenters. The number of nitriles is 1. The highest BCUT2D eigenvalue weighted by Gasteiger charge is 2.65. The molecule has 1 spiro atoms. The zero-order chi connectivity index (χ0) is 19.9. The Hall–Kier alpha value is -2.69. The summed E-state index contributed by atoms with van der Waals surface area (Å²) in [7, 11) is 1.52. The molecule has 27 heavy (non-hydrogen) atoms. The van der Waals surface area contributed by atoms with E-state index in [2.05, 4.69) is 5.32 Å². The van der Waals surface area contributed by atoms with Crippen molar-refractivity contribution in [3.63, 3.8) is 0 Å². The number of benzene rings is 1. The van der Waals surface area contributed by atoms with Gasteiger partial charge in [-0.1, -0.05) is 23.2 Å². The molecule has 0 fully saturated rings. The quantitative estimate of drug-likeness (QED) is 0.640. The van der Waals surface area contributed by atoms with Gasteiger partial charge in [-0.15, -0.1) is 0 Å². The number of rotatable bonds is 0. The molecule has 0 saturated heterocycles. The predicted octanol–water partition coefficient (Wildman–Crippen LogP) is 2.09. The number of amides is 1. The average Bonchev–Trinajstić information content (AvgIpc) is 2.91. The van der Waals surface area contributed by atoms with Gasteiger partial charge in [0.05, 0.1) is 27.6 Å². The fourth-order valence-corrected chi connectivity index (χ4v) is 4.72. The summed E-state index contributed by atoms with van der Waals surface area (Å²) in [6.07, 6.45) is 0. The van der Waals surface area contributed by atoms with E-state index in [1.807, 2.05) is 6.07 Å². The Kier molecular flexibility index (Phi) is 3.40. The average molecular weight is 405 g/mol. The van der Waals surface area contributed by atoms with E-state index < -0.39 is 22.9 Å². The molecule has 3 aliphatic rings. The summed E-state index contributed by atoms with van der Waals surface area (Å²) in [4.78, 5) is 27.7. The van der Waals surface area contributed by atoms with Crippen molar-refractivity contribution >= 4 is 40.8 Å². The van der Waals surface area contributed by atoms with Crippen LogP contribution in [0, 0.1) is 11.3 Å². The molecule has 0 bridgehead atoms. The Labute approximate surface area is 164 Å². The highest BCUT2D eigenvalue weighted by atomic mass is 35.5. The second-order valence-electron chi connectivity index (χ2n) is 7.07. The number of anilines is 1. The number of likely N-dealkylation sites (N-methyl/N-ethyl adjacent to an activating group) is 1. The zero-order valence-corrected chi connectivity index (χ0v) is 16.1. The van der Waals surface area contributed by atoms with Crippen molar-refractivity contribution in [2.75, 3.05) is 11.9 Å². The lowest BCUT2D eigenvalue weighted by molar-refractivity contribution is -0.145. The van der Waals surface area contributed by atoms with Crippen LogP contribution in [0.15, 0.2) is 34.8 Å². The largest absolute Gasteiger partial charge is 0.450 e. The molecule has 0 aromatic heterocycles. The molecule has 1 aromatic rings. The molecule has 1 aromatic carbocycles. The first-order valence-corrected chi connectivity index (χ1v) is 8.76. The number of hydrogen-bond donors (Lipinski definition) is 2. The number of ether oxygens (including phenoxy) is 1. The van der Waals surface area contributed by atoms with Gasteiger partial charge in [0.15, 0.2) is 0 Å². The minimum atomic E-state index is -1.76. The van der Waals surface area contributed by atoms with E-state index in [0.29, 0.717) is 16.9 Å². The van der Waals surface area contributed by atoms with Crippen LogP contribution in [-0.4, -0.2) is 24.5 Å². The van der Waals surface area contributed by atoms with Crippen LogP contribution in [0.1, 0.15) is 19.4 Å². The van der Waals surface area contributed by atoms with E-state index in [-0.39, 0.29) is 27.0 Å². The Morgan fingerprint density at radius 3 is 2.59 bits per heavy atom. The smallest absolute Gasteiger partial charge is 0.338 e. The number of hydrogen-bond acceptors (Lipinski definition) is 6. The molecule has 9 heteroatoms. The Morgan fingerprint density at radius 2 is 1.96 bits per heavy atom. The highest BCUT2D eigenvalue weighted by molar-refractivity contribution is 6.38. The van der Waals surface area contributed by atoms with E-state index in [1.54, 1.807) is 13.8 Å². The van der Waals surface area contributed by atoms with Gasteiger partial charge in [0, 0.05) is 17.6 Å². The van der Waals surface area contributed by atoms with Crippen LogP contribution >= 0.6 is 23.2 Å². The van der Waals surface area contributed by atoms with Gasteiger partial charge in [0.1, 0.15) is 22.9 Å². The van der Waals surface area contributed by atoms with Crippen molar-refractivity contribution in [3.05, 3.63) is 50.4 Å². The molecule has 0 aliphatic carbocycles. The molecular weight excluding hydrogens is 391 g/mol. The van der Waals surface area contributed by atoms with Crippen molar-refractivity contribution in [1.82, 2.24) is 5.32 Å². The first-order valence-electron chi connectivity index (χ1n) is 8.01. The summed E-state index contributed by atoms with van der Waals surface area (Å²) in [5.41, 5.74) is 4.29. The molecule has 3 aliphatic heterocycles. The summed E-state index contributed by atoms with van der Waals surface area (Å²) in [6.45, 7) is 3.35. The van der Waals surface area contributed by atoms with Crippen LogP contribution in [-0.2, 0) is 19.7 Å². The molecular formula is C18H14Cl2N4O3. The molecule has 3 heterocycles.